The van der Waals surface area contributed by atoms with Crippen LogP contribution in [0.1, 0.15) is 29.0 Å². The van der Waals surface area contributed by atoms with Crippen molar-refractivity contribution >= 4 is 32.5 Å². The van der Waals surface area contributed by atoms with Crippen LogP contribution in [-0.2, 0) is 6.54 Å². The molecule has 3 heterocycles. The lowest BCUT2D eigenvalue weighted by molar-refractivity contribution is 0.00840. The molecule has 0 aliphatic carbocycles. The molecule has 1 saturated heterocycles. The standard InChI is InChI=1S/C35H27NO3/c37-35-32-31(27-17-8-12-23-10-2-4-15-26(23)27)29-19-20-36(21-24-13-7-11-22-9-1-3-14-25(22)24)34(29)39-33(32)28-16-5-6-18-30(28)38-35/h1-18,29,31,34H,19-21H2/t29-,31-,34+/m0/s1. The highest BCUT2D eigenvalue weighted by Gasteiger charge is 2.48. The van der Waals surface area contributed by atoms with Gasteiger partial charge in [0.15, 0.2) is 6.23 Å². The van der Waals surface area contributed by atoms with Gasteiger partial charge in [-0.2, -0.15) is 0 Å². The Labute approximate surface area is 226 Å². The van der Waals surface area contributed by atoms with Crippen molar-refractivity contribution in [3.63, 3.8) is 0 Å². The first kappa shape index (κ1) is 22.6. The highest BCUT2D eigenvalue weighted by Crippen LogP contribution is 2.51. The fraction of sp³-hybridized carbons (Fsp3) is 0.171. The number of hydrogen-bond acceptors (Lipinski definition) is 4. The lowest BCUT2D eigenvalue weighted by Gasteiger charge is -2.39. The Balaban J connectivity index is 1.31. The molecule has 0 saturated carbocycles. The van der Waals surface area contributed by atoms with Crippen LogP contribution in [0.15, 0.2) is 118 Å². The summed E-state index contributed by atoms with van der Waals surface area (Å²) in [7, 11) is 0. The minimum atomic E-state index is -0.299. The van der Waals surface area contributed by atoms with Crippen LogP contribution in [0, 0.1) is 5.92 Å². The number of para-hydroxylation sites is 1. The van der Waals surface area contributed by atoms with E-state index in [1.54, 1.807) is 0 Å². The van der Waals surface area contributed by atoms with Gasteiger partial charge < -0.3 is 9.15 Å². The Morgan fingerprint density at radius 1 is 0.718 bits per heavy atom. The van der Waals surface area contributed by atoms with Crippen molar-refractivity contribution in [2.45, 2.75) is 25.1 Å². The van der Waals surface area contributed by atoms with Gasteiger partial charge in [-0.25, -0.2) is 4.79 Å². The molecule has 2 aliphatic rings. The summed E-state index contributed by atoms with van der Waals surface area (Å²) >= 11 is 0. The van der Waals surface area contributed by atoms with E-state index in [1.807, 2.05) is 24.3 Å². The van der Waals surface area contributed by atoms with E-state index in [0.29, 0.717) is 16.9 Å². The molecule has 39 heavy (non-hydrogen) atoms. The van der Waals surface area contributed by atoms with Gasteiger partial charge in [-0.3, -0.25) is 4.90 Å². The van der Waals surface area contributed by atoms with Crippen LogP contribution < -0.4 is 10.4 Å². The van der Waals surface area contributed by atoms with Crippen LogP contribution >= 0.6 is 0 Å². The van der Waals surface area contributed by atoms with Crippen LogP contribution in [0.2, 0.25) is 0 Å². The quantitative estimate of drug-likeness (QED) is 0.232. The van der Waals surface area contributed by atoms with Gasteiger partial charge in [0.05, 0.1) is 10.9 Å². The molecule has 0 spiro atoms. The van der Waals surface area contributed by atoms with E-state index in [2.05, 4.69) is 89.8 Å². The van der Waals surface area contributed by atoms with Crippen molar-refractivity contribution in [2.75, 3.05) is 6.54 Å². The predicted molar refractivity (Wildman–Crippen MR) is 155 cm³/mol. The molecule has 0 unspecified atom stereocenters. The maximum Gasteiger partial charge on any atom is 0.343 e. The number of likely N-dealkylation sites (tertiary alicyclic amines) is 1. The molecule has 8 rings (SSSR count). The Bertz CT molecular complexity index is 1930. The monoisotopic (exact) mass is 509 g/mol. The molecule has 3 atom stereocenters. The van der Waals surface area contributed by atoms with E-state index < -0.39 is 0 Å². The average Bonchev–Trinajstić information content (AvgIpc) is 3.38. The highest BCUT2D eigenvalue weighted by atomic mass is 16.5. The first-order chi connectivity index (χ1) is 19.3. The van der Waals surface area contributed by atoms with Crippen LogP contribution in [0.5, 0.6) is 5.75 Å². The summed E-state index contributed by atoms with van der Waals surface area (Å²) in [6, 6.07) is 37.7. The average molecular weight is 510 g/mol. The highest BCUT2D eigenvalue weighted by molar-refractivity contribution is 5.89. The van der Waals surface area contributed by atoms with Gasteiger partial charge in [-0.1, -0.05) is 97.1 Å². The van der Waals surface area contributed by atoms with Crippen LogP contribution in [-0.4, -0.2) is 17.7 Å². The van der Waals surface area contributed by atoms with E-state index in [1.165, 1.54) is 32.7 Å². The van der Waals surface area contributed by atoms with Crippen molar-refractivity contribution in [1.82, 2.24) is 4.90 Å². The summed E-state index contributed by atoms with van der Waals surface area (Å²) in [4.78, 5) is 16.1. The first-order valence-electron chi connectivity index (χ1n) is 13.7. The van der Waals surface area contributed by atoms with Gasteiger partial charge in [-0.05, 0) is 51.2 Å². The molecule has 0 radical (unpaired) electrons. The molecule has 1 aromatic heterocycles. The minimum absolute atomic E-state index is 0.122. The van der Waals surface area contributed by atoms with Gasteiger partial charge in [-0.15, -0.1) is 0 Å². The molecule has 0 bridgehead atoms. The molecule has 2 aliphatic heterocycles. The molecule has 190 valence electrons. The number of hydrogen-bond donors (Lipinski definition) is 0. The summed E-state index contributed by atoms with van der Waals surface area (Å²) in [6.07, 6.45) is 0.792. The van der Waals surface area contributed by atoms with Crippen molar-refractivity contribution in [3.8, 4) is 5.75 Å². The van der Waals surface area contributed by atoms with E-state index in [-0.39, 0.29) is 23.7 Å². The van der Waals surface area contributed by atoms with Crippen molar-refractivity contribution < 1.29 is 9.15 Å². The zero-order valence-electron chi connectivity index (χ0n) is 21.4. The van der Waals surface area contributed by atoms with Crippen LogP contribution in [0.3, 0.4) is 0 Å². The molecular weight excluding hydrogens is 482 g/mol. The van der Waals surface area contributed by atoms with Crippen molar-refractivity contribution in [3.05, 3.63) is 136 Å². The van der Waals surface area contributed by atoms with E-state index >= 15 is 0 Å². The Morgan fingerprint density at radius 3 is 2.23 bits per heavy atom. The topological polar surface area (TPSA) is 42.7 Å². The van der Waals surface area contributed by atoms with E-state index in [0.717, 1.165) is 24.9 Å². The molecule has 4 heteroatoms. The van der Waals surface area contributed by atoms with E-state index in [4.69, 9.17) is 9.15 Å². The molecule has 1 fully saturated rings. The largest absolute Gasteiger partial charge is 0.473 e. The summed E-state index contributed by atoms with van der Waals surface area (Å²) in [5, 5.41) is 5.73. The Hall–Kier alpha value is -4.41. The third-order valence-electron chi connectivity index (χ3n) is 8.66. The van der Waals surface area contributed by atoms with Gasteiger partial charge in [0.25, 0.3) is 0 Å². The molecule has 5 aromatic carbocycles. The summed E-state index contributed by atoms with van der Waals surface area (Å²) in [6.45, 7) is 1.69. The lowest BCUT2D eigenvalue weighted by Crippen LogP contribution is -2.43. The predicted octanol–water partition coefficient (Wildman–Crippen LogP) is 7.47. The molecule has 0 amide bonds. The summed E-state index contributed by atoms with van der Waals surface area (Å²) in [5.74, 6) is 0.677. The molecule has 4 nitrogen and oxygen atoms in total. The third kappa shape index (κ3) is 3.52. The fourth-order valence-electron chi connectivity index (χ4n) is 6.94. The SMILES string of the molecule is O=c1oc2ccccc2c2c1[C@@H](c1cccc3ccccc13)[C@@H]1CCN(Cc3cccc4ccccc34)[C@@H]1O2. The Morgan fingerprint density at radius 2 is 1.38 bits per heavy atom. The smallest absolute Gasteiger partial charge is 0.343 e. The number of benzene rings is 5. The zero-order chi connectivity index (χ0) is 25.9. The maximum absolute atomic E-state index is 13.6. The fourth-order valence-corrected chi connectivity index (χ4v) is 6.94. The summed E-state index contributed by atoms with van der Waals surface area (Å²) in [5.41, 5.74) is 3.38. The van der Waals surface area contributed by atoms with Gasteiger partial charge >= 0.3 is 5.63 Å². The van der Waals surface area contributed by atoms with E-state index in [9.17, 15) is 4.79 Å². The molecule has 0 N–H and O–H groups in total. The van der Waals surface area contributed by atoms with Gasteiger partial charge in [0.1, 0.15) is 11.3 Å². The normalized spacial score (nSPS) is 20.7. The van der Waals surface area contributed by atoms with Gasteiger partial charge in [0, 0.05) is 24.9 Å². The second-order valence-corrected chi connectivity index (χ2v) is 10.7. The van der Waals surface area contributed by atoms with Crippen molar-refractivity contribution in [1.29, 1.82) is 0 Å². The van der Waals surface area contributed by atoms with Crippen molar-refractivity contribution in [2.24, 2.45) is 5.92 Å². The minimum Gasteiger partial charge on any atom is -0.473 e. The lowest BCUT2D eigenvalue weighted by atomic mass is 9.76. The second-order valence-electron chi connectivity index (χ2n) is 10.7. The first-order valence-corrected chi connectivity index (χ1v) is 13.7. The van der Waals surface area contributed by atoms with Gasteiger partial charge in [0.2, 0.25) is 0 Å². The zero-order valence-corrected chi connectivity index (χ0v) is 21.4. The number of nitrogens with zero attached hydrogens (tertiary/aromatic N) is 1. The van der Waals surface area contributed by atoms with Crippen LogP contribution in [0.4, 0.5) is 0 Å². The maximum atomic E-state index is 13.6. The third-order valence-corrected chi connectivity index (χ3v) is 8.66. The molecule has 6 aromatic rings. The van der Waals surface area contributed by atoms with Crippen LogP contribution in [0.25, 0.3) is 32.5 Å². The summed E-state index contributed by atoms with van der Waals surface area (Å²) < 4.78 is 12.8. The Kier molecular flexibility index (Phi) is 5.10. The number of ether oxygens (including phenoxy) is 1. The number of rotatable bonds is 3. The number of fused-ring (bicyclic) bond motifs is 6. The molecular formula is C35H27NO3. The second kappa shape index (κ2) is 8.82.